The van der Waals surface area contributed by atoms with E-state index in [2.05, 4.69) is 12.2 Å². The van der Waals surface area contributed by atoms with E-state index in [1.54, 1.807) is 23.6 Å². The quantitative estimate of drug-likeness (QED) is 0.825. The molecular formula is C13H24N2O2S. The van der Waals surface area contributed by atoms with Gasteiger partial charge in [-0.2, -0.15) is 11.8 Å². The van der Waals surface area contributed by atoms with Gasteiger partial charge in [-0.15, -0.1) is 0 Å². The molecule has 1 saturated heterocycles. The van der Waals surface area contributed by atoms with Gasteiger partial charge in [0.1, 0.15) is 12.1 Å². The molecular weight excluding hydrogens is 248 g/mol. The topological polar surface area (TPSA) is 49.4 Å². The summed E-state index contributed by atoms with van der Waals surface area (Å²) in [4.78, 5) is 26.1. The Bertz CT molecular complexity index is 320. The fraction of sp³-hybridized carbons (Fsp3) is 0.846. The first kappa shape index (κ1) is 15.3. The number of nitrogens with one attached hydrogen (secondary N) is 1. The van der Waals surface area contributed by atoms with Gasteiger partial charge in [0.2, 0.25) is 11.8 Å². The van der Waals surface area contributed by atoms with Crippen molar-refractivity contribution in [2.75, 3.05) is 11.5 Å². The SMILES string of the molecule is CCSCC(C)N1C(=O)C(C)NC(=O)C1C(C)C. The third-order valence-electron chi connectivity index (χ3n) is 3.22. The molecule has 0 spiro atoms. The Morgan fingerprint density at radius 1 is 1.33 bits per heavy atom. The van der Waals surface area contributed by atoms with Crippen LogP contribution < -0.4 is 5.32 Å². The Morgan fingerprint density at radius 2 is 1.94 bits per heavy atom. The van der Waals surface area contributed by atoms with E-state index < -0.39 is 6.04 Å². The zero-order valence-corrected chi connectivity index (χ0v) is 12.7. The highest BCUT2D eigenvalue weighted by molar-refractivity contribution is 7.99. The molecule has 0 bridgehead atoms. The van der Waals surface area contributed by atoms with Crippen molar-refractivity contribution in [3.05, 3.63) is 0 Å². The number of carbonyl (C=O) groups is 2. The second-order valence-corrected chi connectivity index (χ2v) is 6.49. The summed E-state index contributed by atoms with van der Waals surface area (Å²) in [7, 11) is 0. The van der Waals surface area contributed by atoms with Gasteiger partial charge in [0.15, 0.2) is 0 Å². The number of nitrogens with zero attached hydrogens (tertiary/aromatic N) is 1. The average Bonchev–Trinajstić information content (AvgIpc) is 2.29. The maximum atomic E-state index is 12.3. The van der Waals surface area contributed by atoms with E-state index in [0.717, 1.165) is 11.5 Å². The number of carbonyl (C=O) groups excluding carboxylic acids is 2. The van der Waals surface area contributed by atoms with Crippen LogP contribution in [-0.4, -0.2) is 46.3 Å². The smallest absolute Gasteiger partial charge is 0.245 e. The van der Waals surface area contributed by atoms with Crippen molar-refractivity contribution in [3.63, 3.8) is 0 Å². The highest BCUT2D eigenvalue weighted by Gasteiger charge is 2.42. The van der Waals surface area contributed by atoms with Crippen molar-refractivity contribution in [1.82, 2.24) is 10.2 Å². The maximum Gasteiger partial charge on any atom is 0.245 e. The first-order valence-electron chi connectivity index (χ1n) is 6.60. The molecule has 4 nitrogen and oxygen atoms in total. The molecule has 3 atom stereocenters. The summed E-state index contributed by atoms with van der Waals surface area (Å²) < 4.78 is 0. The van der Waals surface area contributed by atoms with Crippen LogP contribution in [0.2, 0.25) is 0 Å². The first-order chi connectivity index (χ1) is 8.40. The molecule has 18 heavy (non-hydrogen) atoms. The van der Waals surface area contributed by atoms with Crippen LogP contribution in [0, 0.1) is 5.92 Å². The molecule has 0 aromatic carbocycles. The zero-order valence-electron chi connectivity index (χ0n) is 11.9. The third-order valence-corrected chi connectivity index (χ3v) is 4.35. The van der Waals surface area contributed by atoms with E-state index in [-0.39, 0.29) is 29.8 Å². The molecule has 0 saturated carbocycles. The van der Waals surface area contributed by atoms with Gasteiger partial charge in [-0.3, -0.25) is 9.59 Å². The fourth-order valence-electron chi connectivity index (χ4n) is 2.33. The number of rotatable bonds is 5. The van der Waals surface area contributed by atoms with E-state index in [9.17, 15) is 9.59 Å². The maximum absolute atomic E-state index is 12.3. The van der Waals surface area contributed by atoms with Crippen LogP contribution in [0.15, 0.2) is 0 Å². The Hall–Kier alpha value is -0.710. The zero-order chi connectivity index (χ0) is 13.9. The van der Waals surface area contributed by atoms with Crippen molar-refractivity contribution < 1.29 is 9.59 Å². The minimum Gasteiger partial charge on any atom is -0.343 e. The van der Waals surface area contributed by atoms with E-state index >= 15 is 0 Å². The molecule has 0 aliphatic carbocycles. The molecule has 104 valence electrons. The van der Waals surface area contributed by atoms with Gasteiger partial charge in [0.05, 0.1) is 0 Å². The van der Waals surface area contributed by atoms with Crippen LogP contribution in [0.25, 0.3) is 0 Å². The Kier molecular flexibility index (Phi) is 5.50. The summed E-state index contributed by atoms with van der Waals surface area (Å²) in [6.45, 7) is 9.86. The van der Waals surface area contributed by atoms with E-state index in [1.165, 1.54) is 0 Å². The summed E-state index contributed by atoms with van der Waals surface area (Å²) in [5, 5.41) is 2.76. The van der Waals surface area contributed by atoms with E-state index in [0.29, 0.717) is 0 Å². The van der Waals surface area contributed by atoms with Gasteiger partial charge in [-0.1, -0.05) is 20.8 Å². The Labute approximate surface area is 114 Å². The van der Waals surface area contributed by atoms with Gasteiger partial charge < -0.3 is 10.2 Å². The van der Waals surface area contributed by atoms with Crippen LogP contribution in [0.1, 0.15) is 34.6 Å². The molecule has 1 N–H and O–H groups in total. The second-order valence-electron chi connectivity index (χ2n) is 5.17. The fourth-order valence-corrected chi connectivity index (χ4v) is 3.07. The average molecular weight is 272 g/mol. The lowest BCUT2D eigenvalue weighted by Crippen LogP contribution is -2.66. The van der Waals surface area contributed by atoms with Gasteiger partial charge in [0, 0.05) is 11.8 Å². The van der Waals surface area contributed by atoms with Crippen LogP contribution in [-0.2, 0) is 9.59 Å². The number of hydrogen-bond donors (Lipinski definition) is 1. The number of piperazine rings is 1. The number of amides is 2. The van der Waals surface area contributed by atoms with Crippen molar-refractivity contribution >= 4 is 23.6 Å². The van der Waals surface area contributed by atoms with E-state index in [4.69, 9.17) is 0 Å². The molecule has 1 aliphatic heterocycles. The molecule has 0 aromatic heterocycles. The summed E-state index contributed by atoms with van der Waals surface area (Å²) in [6, 6.07) is -0.633. The van der Waals surface area contributed by atoms with E-state index in [1.807, 2.05) is 20.8 Å². The van der Waals surface area contributed by atoms with Crippen LogP contribution in [0.4, 0.5) is 0 Å². The van der Waals surface area contributed by atoms with Crippen molar-refractivity contribution in [3.8, 4) is 0 Å². The summed E-state index contributed by atoms with van der Waals surface area (Å²) in [5.41, 5.74) is 0. The van der Waals surface area contributed by atoms with Gasteiger partial charge in [-0.05, 0) is 25.5 Å². The molecule has 5 heteroatoms. The molecule has 3 unspecified atom stereocenters. The second kappa shape index (κ2) is 6.45. The lowest BCUT2D eigenvalue weighted by molar-refractivity contribution is -0.152. The van der Waals surface area contributed by atoms with Crippen molar-refractivity contribution in [1.29, 1.82) is 0 Å². The highest BCUT2D eigenvalue weighted by Crippen LogP contribution is 2.22. The lowest BCUT2D eigenvalue weighted by Gasteiger charge is -2.43. The molecule has 0 aromatic rings. The predicted octanol–water partition coefficient (Wildman–Crippen LogP) is 1.50. The minimum absolute atomic E-state index is 0.0227. The van der Waals surface area contributed by atoms with Crippen LogP contribution in [0.3, 0.4) is 0 Å². The highest BCUT2D eigenvalue weighted by atomic mass is 32.2. The minimum atomic E-state index is -0.401. The van der Waals surface area contributed by atoms with Gasteiger partial charge in [-0.25, -0.2) is 0 Å². The molecule has 1 rings (SSSR count). The third kappa shape index (κ3) is 3.19. The van der Waals surface area contributed by atoms with Crippen molar-refractivity contribution in [2.24, 2.45) is 5.92 Å². The standard InChI is InChI=1S/C13H24N2O2S/c1-6-18-7-9(4)15-11(8(2)3)12(16)14-10(5)13(15)17/h8-11H,6-7H2,1-5H3,(H,14,16). The summed E-state index contributed by atoms with van der Waals surface area (Å²) in [5.74, 6) is 2.06. The normalized spacial score (nSPS) is 26.4. The monoisotopic (exact) mass is 272 g/mol. The van der Waals surface area contributed by atoms with Crippen LogP contribution in [0.5, 0.6) is 0 Å². The Morgan fingerprint density at radius 3 is 2.44 bits per heavy atom. The number of thioether (sulfide) groups is 1. The largest absolute Gasteiger partial charge is 0.343 e. The number of hydrogen-bond acceptors (Lipinski definition) is 3. The molecule has 1 heterocycles. The molecule has 1 aliphatic rings. The predicted molar refractivity (Wildman–Crippen MR) is 75.5 cm³/mol. The van der Waals surface area contributed by atoms with Gasteiger partial charge >= 0.3 is 0 Å². The lowest BCUT2D eigenvalue weighted by atomic mass is 9.96. The first-order valence-corrected chi connectivity index (χ1v) is 7.75. The molecule has 1 fully saturated rings. The van der Waals surface area contributed by atoms with Crippen LogP contribution >= 0.6 is 11.8 Å². The van der Waals surface area contributed by atoms with Crippen molar-refractivity contribution in [2.45, 2.75) is 52.7 Å². The Balaban J connectivity index is 2.91. The van der Waals surface area contributed by atoms with Gasteiger partial charge in [0.25, 0.3) is 0 Å². The molecule has 0 radical (unpaired) electrons. The molecule has 2 amide bonds. The summed E-state index contributed by atoms with van der Waals surface area (Å²) in [6.07, 6.45) is 0. The summed E-state index contributed by atoms with van der Waals surface area (Å²) >= 11 is 1.80.